The third kappa shape index (κ3) is 2.17. The molecule has 0 bridgehead atoms. The van der Waals surface area contributed by atoms with Crippen molar-refractivity contribution in [2.45, 2.75) is 53.0 Å². The highest BCUT2D eigenvalue weighted by atomic mass is 16.4. The Hall–Kier alpha value is -1.65. The van der Waals surface area contributed by atoms with Gasteiger partial charge in [-0.25, -0.2) is 4.79 Å². The molecule has 0 radical (unpaired) electrons. The Morgan fingerprint density at radius 2 is 2.00 bits per heavy atom. The van der Waals surface area contributed by atoms with Crippen molar-refractivity contribution < 1.29 is 9.90 Å². The molecule has 2 atom stereocenters. The van der Waals surface area contributed by atoms with Gasteiger partial charge in [-0.2, -0.15) is 4.98 Å². The lowest BCUT2D eigenvalue weighted by Gasteiger charge is -2.19. The first-order valence-electron chi connectivity index (χ1n) is 6.49. The normalized spacial score (nSPS) is 22.1. The maximum atomic E-state index is 12.1. The van der Waals surface area contributed by atoms with Gasteiger partial charge in [0.15, 0.2) is 0 Å². The van der Waals surface area contributed by atoms with E-state index in [-0.39, 0.29) is 17.1 Å². The maximum Gasteiger partial charge on any atom is 0.348 e. The average Bonchev–Trinajstić information content (AvgIpc) is 2.85. The summed E-state index contributed by atoms with van der Waals surface area (Å²) in [6.07, 6.45) is 0.930. The van der Waals surface area contributed by atoms with Gasteiger partial charge in [-0.05, 0) is 32.6 Å². The van der Waals surface area contributed by atoms with E-state index in [1.54, 1.807) is 18.4 Å². The Morgan fingerprint density at radius 1 is 1.47 bits per heavy atom. The minimum Gasteiger partial charge on any atom is -0.481 e. The van der Waals surface area contributed by atoms with Crippen LogP contribution < -0.4 is 5.69 Å². The summed E-state index contributed by atoms with van der Waals surface area (Å²) in [5, 5.41) is 9.19. The number of aryl methyl sites for hydroxylation is 1. The Kier molecular flexibility index (Phi) is 3.03. The molecule has 1 aromatic heterocycles. The second kappa shape index (κ2) is 4.18. The van der Waals surface area contributed by atoms with Crippen molar-refractivity contribution in [1.29, 1.82) is 0 Å². The third-order valence-electron chi connectivity index (χ3n) is 4.19. The Balaban J connectivity index is 2.61. The highest BCUT2D eigenvalue weighted by Gasteiger charge is 2.48. The van der Waals surface area contributed by atoms with Crippen molar-refractivity contribution in [1.82, 2.24) is 9.55 Å². The van der Waals surface area contributed by atoms with Gasteiger partial charge in [-0.15, -0.1) is 0 Å². The molecule has 5 nitrogen and oxygen atoms in total. The molecule has 1 fully saturated rings. The highest BCUT2D eigenvalue weighted by molar-refractivity contribution is 5.76. The molecular formula is C14H20N2O3. The Labute approximate surface area is 112 Å². The summed E-state index contributed by atoms with van der Waals surface area (Å²) < 4.78 is 1.67. The summed E-state index contributed by atoms with van der Waals surface area (Å²) in [6.45, 7) is 9.35. The molecule has 104 valence electrons. The molecule has 1 N–H and O–H groups in total. The van der Waals surface area contributed by atoms with Crippen LogP contribution in [0.25, 0.3) is 0 Å². The van der Waals surface area contributed by atoms with Gasteiger partial charge in [0.2, 0.25) is 0 Å². The highest BCUT2D eigenvalue weighted by Crippen LogP contribution is 2.55. The zero-order valence-electron chi connectivity index (χ0n) is 12.0. The molecular weight excluding hydrogens is 244 g/mol. The van der Waals surface area contributed by atoms with Crippen molar-refractivity contribution >= 4 is 5.97 Å². The summed E-state index contributed by atoms with van der Waals surface area (Å²) in [7, 11) is 0. The topological polar surface area (TPSA) is 72.2 Å². The number of hydrogen-bond acceptors (Lipinski definition) is 3. The van der Waals surface area contributed by atoms with E-state index in [4.69, 9.17) is 0 Å². The average molecular weight is 264 g/mol. The van der Waals surface area contributed by atoms with Gasteiger partial charge in [0.05, 0.1) is 5.92 Å². The van der Waals surface area contributed by atoms with Gasteiger partial charge in [0.1, 0.15) is 0 Å². The minimum absolute atomic E-state index is 0.0925. The molecule has 1 aromatic rings. The van der Waals surface area contributed by atoms with Gasteiger partial charge in [-0.1, -0.05) is 13.8 Å². The van der Waals surface area contributed by atoms with Crippen LogP contribution in [0.2, 0.25) is 0 Å². The van der Waals surface area contributed by atoms with Gasteiger partial charge < -0.3 is 5.11 Å². The molecule has 0 aliphatic heterocycles. The second-order valence-corrected chi connectivity index (χ2v) is 6.12. The van der Waals surface area contributed by atoms with Crippen LogP contribution in [-0.2, 0) is 4.79 Å². The fraction of sp³-hybridized carbons (Fsp3) is 0.643. The Bertz CT molecular complexity index is 601. The number of rotatable bonds is 3. The molecule has 1 heterocycles. The standard InChI is InChI=1S/C14H20N2O3/c1-7(12(17)18)11-8(2)15-13(19)16(9(11)3)10-6-14(10,4)5/h7,10H,6H2,1-5H3,(H,17,18). The van der Waals surface area contributed by atoms with Gasteiger partial charge in [0.25, 0.3) is 0 Å². The van der Waals surface area contributed by atoms with E-state index in [0.29, 0.717) is 11.3 Å². The largest absolute Gasteiger partial charge is 0.481 e. The number of aromatic nitrogens is 2. The lowest BCUT2D eigenvalue weighted by molar-refractivity contribution is -0.138. The summed E-state index contributed by atoms with van der Waals surface area (Å²) in [5.74, 6) is -1.55. The number of aliphatic carboxylic acids is 1. The van der Waals surface area contributed by atoms with E-state index in [1.165, 1.54) is 0 Å². The molecule has 1 aliphatic carbocycles. The van der Waals surface area contributed by atoms with Crippen molar-refractivity contribution in [3.05, 3.63) is 27.4 Å². The summed E-state index contributed by atoms with van der Waals surface area (Å²) in [6, 6.07) is 0.132. The van der Waals surface area contributed by atoms with E-state index in [2.05, 4.69) is 18.8 Å². The van der Waals surface area contributed by atoms with Gasteiger partial charge in [-0.3, -0.25) is 9.36 Å². The lowest BCUT2D eigenvalue weighted by atomic mass is 9.98. The fourth-order valence-corrected chi connectivity index (χ4v) is 2.79. The van der Waals surface area contributed by atoms with Crippen LogP contribution in [0.1, 0.15) is 56.1 Å². The molecule has 0 amide bonds. The van der Waals surface area contributed by atoms with Crippen LogP contribution in [-0.4, -0.2) is 20.6 Å². The molecule has 0 aromatic carbocycles. The zero-order chi connectivity index (χ0) is 14.5. The first-order chi connectivity index (χ1) is 8.66. The van der Waals surface area contributed by atoms with E-state index in [1.807, 2.05) is 6.92 Å². The van der Waals surface area contributed by atoms with Crippen LogP contribution >= 0.6 is 0 Å². The number of carboxylic acids is 1. The number of carbonyl (C=O) groups is 1. The predicted molar refractivity (Wildman–Crippen MR) is 71.5 cm³/mol. The first kappa shape index (κ1) is 13.8. The monoisotopic (exact) mass is 264 g/mol. The number of nitrogens with zero attached hydrogens (tertiary/aromatic N) is 2. The van der Waals surface area contributed by atoms with Crippen molar-refractivity contribution in [3.63, 3.8) is 0 Å². The van der Waals surface area contributed by atoms with Crippen LogP contribution in [0.3, 0.4) is 0 Å². The summed E-state index contributed by atoms with van der Waals surface area (Å²) in [4.78, 5) is 27.3. The van der Waals surface area contributed by atoms with Crippen LogP contribution in [0.15, 0.2) is 4.79 Å². The molecule has 2 unspecified atom stereocenters. The van der Waals surface area contributed by atoms with Crippen LogP contribution in [0, 0.1) is 19.3 Å². The Morgan fingerprint density at radius 3 is 2.42 bits per heavy atom. The van der Waals surface area contributed by atoms with E-state index in [9.17, 15) is 14.7 Å². The first-order valence-corrected chi connectivity index (χ1v) is 6.49. The molecule has 1 saturated carbocycles. The number of hydrogen-bond donors (Lipinski definition) is 1. The molecule has 2 rings (SSSR count). The fourth-order valence-electron chi connectivity index (χ4n) is 2.79. The van der Waals surface area contributed by atoms with E-state index < -0.39 is 11.9 Å². The maximum absolute atomic E-state index is 12.1. The quantitative estimate of drug-likeness (QED) is 0.906. The van der Waals surface area contributed by atoms with Crippen molar-refractivity contribution in [3.8, 4) is 0 Å². The molecule has 1 aliphatic rings. The van der Waals surface area contributed by atoms with Crippen LogP contribution in [0.5, 0.6) is 0 Å². The molecule has 19 heavy (non-hydrogen) atoms. The number of carboxylic acid groups (broad SMARTS) is 1. The van der Waals surface area contributed by atoms with E-state index >= 15 is 0 Å². The van der Waals surface area contributed by atoms with E-state index in [0.717, 1.165) is 12.1 Å². The minimum atomic E-state index is -0.895. The SMILES string of the molecule is Cc1nc(=O)n(C2CC2(C)C)c(C)c1C(C)C(=O)O. The molecule has 5 heteroatoms. The lowest BCUT2D eigenvalue weighted by Crippen LogP contribution is -2.29. The molecule has 0 spiro atoms. The third-order valence-corrected chi connectivity index (χ3v) is 4.19. The van der Waals surface area contributed by atoms with Crippen molar-refractivity contribution in [2.75, 3.05) is 0 Å². The molecule has 0 saturated heterocycles. The second-order valence-electron chi connectivity index (χ2n) is 6.12. The van der Waals surface area contributed by atoms with Gasteiger partial charge >= 0.3 is 11.7 Å². The summed E-state index contributed by atoms with van der Waals surface area (Å²) >= 11 is 0. The zero-order valence-corrected chi connectivity index (χ0v) is 12.0. The predicted octanol–water partition coefficient (Wildman–Crippen LogP) is 2.02. The van der Waals surface area contributed by atoms with Crippen LogP contribution in [0.4, 0.5) is 0 Å². The van der Waals surface area contributed by atoms with Crippen molar-refractivity contribution in [2.24, 2.45) is 5.41 Å². The smallest absolute Gasteiger partial charge is 0.348 e. The summed E-state index contributed by atoms with van der Waals surface area (Å²) in [5.41, 5.74) is 1.74. The van der Waals surface area contributed by atoms with Gasteiger partial charge in [0, 0.05) is 23.0 Å².